The first-order valence-corrected chi connectivity index (χ1v) is 11.8. The van der Waals surface area contributed by atoms with Gasteiger partial charge >= 0.3 is 6.18 Å². The van der Waals surface area contributed by atoms with Crippen LogP contribution in [0.25, 0.3) is 10.6 Å². The lowest BCUT2D eigenvalue weighted by atomic mass is 10.1. The molecule has 4 rings (SSSR count). The lowest BCUT2D eigenvalue weighted by molar-refractivity contribution is -0.155. The summed E-state index contributed by atoms with van der Waals surface area (Å²) in [6, 6.07) is 12.4. The van der Waals surface area contributed by atoms with Gasteiger partial charge in [-0.15, -0.1) is 11.3 Å². The van der Waals surface area contributed by atoms with E-state index in [4.69, 9.17) is 0 Å². The Morgan fingerprint density at radius 3 is 2.47 bits per heavy atom. The van der Waals surface area contributed by atoms with Gasteiger partial charge in [0.25, 0.3) is 10.0 Å². The summed E-state index contributed by atoms with van der Waals surface area (Å²) in [5.74, 6) is -2.43. The third kappa shape index (κ3) is 3.71. The second-order valence-electron chi connectivity index (χ2n) is 7.42. The van der Waals surface area contributed by atoms with E-state index in [1.165, 1.54) is 19.2 Å². The van der Waals surface area contributed by atoms with Crippen LogP contribution in [0.4, 0.5) is 13.2 Å². The monoisotopic (exact) mass is 485 g/mol. The summed E-state index contributed by atoms with van der Waals surface area (Å²) in [4.78, 5) is 12.9. The fraction of sp³-hybridized carbons (Fsp3) is 0.300. The van der Waals surface area contributed by atoms with Crippen molar-refractivity contribution >= 4 is 27.3 Å². The first-order chi connectivity index (χ1) is 15.0. The molecule has 0 aliphatic heterocycles. The number of thiophene rings is 1. The molecular formula is C20H18F3N3O4S2. The van der Waals surface area contributed by atoms with Crippen LogP contribution in [-0.4, -0.2) is 32.1 Å². The van der Waals surface area contributed by atoms with Crippen LogP contribution in [0.3, 0.4) is 0 Å². The molecule has 0 saturated heterocycles. The minimum absolute atomic E-state index is 0.133. The van der Waals surface area contributed by atoms with Crippen molar-refractivity contribution in [2.45, 2.75) is 28.8 Å². The Labute approximate surface area is 185 Å². The van der Waals surface area contributed by atoms with Crippen LogP contribution in [0.5, 0.6) is 0 Å². The largest absolute Gasteiger partial charge is 0.452 e. The van der Waals surface area contributed by atoms with Crippen LogP contribution in [0.15, 0.2) is 57.3 Å². The van der Waals surface area contributed by atoms with Gasteiger partial charge in [0.15, 0.2) is 0 Å². The molecule has 1 aliphatic rings. The van der Waals surface area contributed by atoms with E-state index >= 15 is 0 Å². The fourth-order valence-corrected chi connectivity index (χ4v) is 6.65. The minimum Gasteiger partial charge on any atom is -0.358 e. The van der Waals surface area contributed by atoms with Crippen molar-refractivity contribution in [1.29, 1.82) is 0 Å². The Bertz CT molecular complexity index is 1250. The zero-order valence-corrected chi connectivity index (χ0v) is 18.4. The molecule has 32 heavy (non-hydrogen) atoms. The number of nitrogens with zero attached hydrogens (tertiary/aromatic N) is 1. The topological polar surface area (TPSA) is 101 Å². The van der Waals surface area contributed by atoms with Crippen molar-refractivity contribution < 1.29 is 30.9 Å². The smallest absolute Gasteiger partial charge is 0.358 e. The van der Waals surface area contributed by atoms with Crippen molar-refractivity contribution in [2.75, 3.05) is 7.05 Å². The van der Waals surface area contributed by atoms with Crippen molar-refractivity contribution in [3.05, 3.63) is 59.9 Å². The fourth-order valence-electron chi connectivity index (χ4n) is 3.93. The molecule has 0 bridgehead atoms. The van der Waals surface area contributed by atoms with Gasteiger partial charge in [-0.05, 0) is 23.6 Å². The Morgan fingerprint density at radius 1 is 1.19 bits per heavy atom. The third-order valence-corrected chi connectivity index (χ3v) is 8.64. The number of halogens is 3. The van der Waals surface area contributed by atoms with Gasteiger partial charge in [-0.25, -0.2) is 8.42 Å². The molecule has 7 nitrogen and oxygen atoms in total. The normalized spacial score (nSPS) is 23.2. The van der Waals surface area contributed by atoms with Crippen LogP contribution in [0.1, 0.15) is 24.2 Å². The van der Waals surface area contributed by atoms with Crippen molar-refractivity contribution in [1.82, 2.24) is 15.2 Å². The second-order valence-corrected chi connectivity index (χ2v) is 10.4. The first kappa shape index (κ1) is 22.5. The summed E-state index contributed by atoms with van der Waals surface area (Å²) < 4.78 is 71.2. The van der Waals surface area contributed by atoms with Crippen LogP contribution in [-0.2, 0) is 21.0 Å². The lowest BCUT2D eigenvalue weighted by Crippen LogP contribution is -2.50. The number of hydrogen-bond acceptors (Lipinski definition) is 6. The molecule has 3 aromatic rings. The van der Waals surface area contributed by atoms with E-state index < -0.39 is 33.4 Å². The van der Waals surface area contributed by atoms with E-state index in [2.05, 4.69) is 19.7 Å². The van der Waals surface area contributed by atoms with Gasteiger partial charge in [0.05, 0.1) is 4.88 Å². The highest BCUT2D eigenvalue weighted by Crippen LogP contribution is 2.58. The van der Waals surface area contributed by atoms with E-state index in [0.717, 1.165) is 16.9 Å². The van der Waals surface area contributed by atoms with E-state index in [1.807, 2.05) is 30.3 Å². The first-order valence-electron chi connectivity index (χ1n) is 9.46. The van der Waals surface area contributed by atoms with E-state index in [-0.39, 0.29) is 26.6 Å². The standard InChI is InChI=1S/C20H18F3N3O4S2/c1-11-17(12-6-4-3-5-7-12)19(11,18(27)24-2)26-32(28,29)16-9-8-14(31-16)13-10-15(30-25-13)20(21,22)23/h3-11,17,26H,1-2H3,(H,24,27)/t11?,17-,19-/m0/s1. The molecule has 3 atom stereocenters. The Hall–Kier alpha value is -2.70. The Balaban J connectivity index is 1.64. The summed E-state index contributed by atoms with van der Waals surface area (Å²) in [6.45, 7) is 1.78. The number of benzene rings is 1. The van der Waals surface area contributed by atoms with Crippen LogP contribution >= 0.6 is 11.3 Å². The minimum atomic E-state index is -4.70. The number of alkyl halides is 3. The molecule has 0 radical (unpaired) electrons. The zero-order chi connectivity index (χ0) is 23.3. The van der Waals surface area contributed by atoms with Gasteiger partial charge in [-0.3, -0.25) is 4.79 Å². The molecule has 12 heteroatoms. The summed E-state index contributed by atoms with van der Waals surface area (Å²) >= 11 is 0.731. The highest BCUT2D eigenvalue weighted by atomic mass is 32.2. The van der Waals surface area contributed by atoms with Crippen LogP contribution < -0.4 is 10.0 Å². The molecule has 1 aliphatic carbocycles. The maximum atomic E-state index is 13.1. The average molecular weight is 486 g/mol. The zero-order valence-electron chi connectivity index (χ0n) is 16.8. The molecule has 1 aromatic carbocycles. The summed E-state index contributed by atoms with van der Waals surface area (Å²) in [5, 5.41) is 5.91. The summed E-state index contributed by atoms with van der Waals surface area (Å²) in [5.41, 5.74) is -0.691. The Kier molecular flexibility index (Phi) is 5.42. The van der Waals surface area contributed by atoms with Gasteiger partial charge in [0.1, 0.15) is 15.4 Å². The molecule has 170 valence electrons. The predicted octanol–water partition coefficient (Wildman–Crippen LogP) is 3.62. The molecule has 0 spiro atoms. The van der Waals surface area contributed by atoms with Gasteiger partial charge in [-0.1, -0.05) is 42.4 Å². The molecule has 2 aromatic heterocycles. The predicted molar refractivity (Wildman–Crippen MR) is 110 cm³/mol. The quantitative estimate of drug-likeness (QED) is 0.556. The molecule has 2 heterocycles. The van der Waals surface area contributed by atoms with Gasteiger partial charge in [0, 0.05) is 19.0 Å². The van der Waals surface area contributed by atoms with Crippen molar-refractivity contribution in [2.24, 2.45) is 5.92 Å². The number of nitrogens with one attached hydrogen (secondary N) is 2. The van der Waals surface area contributed by atoms with Crippen LogP contribution in [0, 0.1) is 5.92 Å². The number of sulfonamides is 1. The highest BCUT2D eigenvalue weighted by Gasteiger charge is 2.69. The molecular weight excluding hydrogens is 467 g/mol. The van der Waals surface area contributed by atoms with Gasteiger partial charge in [0.2, 0.25) is 11.7 Å². The molecule has 1 fully saturated rings. The second kappa shape index (κ2) is 7.71. The number of likely N-dealkylation sites (N-methyl/N-ethyl adjacent to an activating group) is 1. The molecule has 1 unspecified atom stereocenters. The number of carbonyl (C=O) groups excluding carboxylic acids is 1. The summed E-state index contributed by atoms with van der Waals surface area (Å²) in [7, 11) is -2.74. The van der Waals surface area contributed by atoms with Crippen molar-refractivity contribution in [3.8, 4) is 10.6 Å². The van der Waals surface area contributed by atoms with E-state index in [1.54, 1.807) is 6.92 Å². The Morgan fingerprint density at radius 2 is 1.88 bits per heavy atom. The number of carbonyl (C=O) groups is 1. The maximum Gasteiger partial charge on any atom is 0.452 e. The van der Waals surface area contributed by atoms with Crippen molar-refractivity contribution in [3.63, 3.8) is 0 Å². The molecule has 1 amide bonds. The number of hydrogen-bond donors (Lipinski definition) is 2. The molecule has 1 saturated carbocycles. The van der Waals surface area contributed by atoms with Crippen LogP contribution in [0.2, 0.25) is 0 Å². The average Bonchev–Trinajstić information content (AvgIpc) is 3.20. The number of amides is 1. The third-order valence-electron chi connectivity index (χ3n) is 5.55. The van der Waals surface area contributed by atoms with Gasteiger partial charge in [-0.2, -0.15) is 17.9 Å². The molecule has 2 N–H and O–H groups in total. The SMILES string of the molecule is CNC(=O)[C@]1(NS(=O)(=O)c2ccc(-c3cc(C(F)(F)F)on3)s2)C(C)[C@H]1c1ccccc1. The number of aromatic nitrogens is 1. The lowest BCUT2D eigenvalue weighted by Gasteiger charge is -2.18. The summed E-state index contributed by atoms with van der Waals surface area (Å²) in [6.07, 6.45) is -4.70. The van der Waals surface area contributed by atoms with E-state index in [9.17, 15) is 26.4 Å². The number of rotatable bonds is 6. The maximum absolute atomic E-state index is 13.1. The van der Waals surface area contributed by atoms with E-state index in [0.29, 0.717) is 6.07 Å². The van der Waals surface area contributed by atoms with Gasteiger partial charge < -0.3 is 9.84 Å². The highest BCUT2D eigenvalue weighted by molar-refractivity contribution is 7.91.